The number of hydrogen-bond donors (Lipinski definition) is 1. The maximum atomic E-state index is 8.71. The normalized spacial score (nSPS) is 11.8. The molecule has 0 heterocycles. The molecule has 1 atom stereocenters. The van der Waals surface area contributed by atoms with Crippen LogP contribution in [-0.4, -0.2) is 6.04 Å². The van der Waals surface area contributed by atoms with Gasteiger partial charge in [0.2, 0.25) is 0 Å². The smallest absolute Gasteiger partial charge is 0.0991 e. The first-order valence-corrected chi connectivity index (χ1v) is 6.53. The summed E-state index contributed by atoms with van der Waals surface area (Å²) < 4.78 is 0. The van der Waals surface area contributed by atoms with Crippen LogP contribution in [0, 0.1) is 11.3 Å². The lowest BCUT2D eigenvalue weighted by molar-refractivity contribution is 0.594. The van der Waals surface area contributed by atoms with Crippen molar-refractivity contribution < 1.29 is 0 Å². The van der Waals surface area contributed by atoms with Crippen LogP contribution >= 0.6 is 0 Å². The largest absolute Gasteiger partial charge is 0.383 e. The van der Waals surface area contributed by atoms with Crippen molar-refractivity contribution in [2.75, 3.05) is 5.32 Å². The molecule has 0 bridgehead atoms. The van der Waals surface area contributed by atoms with Crippen LogP contribution < -0.4 is 5.32 Å². The third-order valence-electron chi connectivity index (χ3n) is 2.92. The average Bonchev–Trinajstić information content (AvgIpc) is 2.36. The van der Waals surface area contributed by atoms with E-state index in [-0.39, 0.29) is 0 Å². The highest BCUT2D eigenvalue weighted by molar-refractivity contribution is 5.47. The van der Waals surface area contributed by atoms with Gasteiger partial charge in [-0.3, -0.25) is 0 Å². The summed E-state index contributed by atoms with van der Waals surface area (Å²) in [7, 11) is 0. The summed E-state index contributed by atoms with van der Waals surface area (Å²) in [6.07, 6.45) is 6.45. The summed E-state index contributed by atoms with van der Waals surface area (Å²) >= 11 is 0. The van der Waals surface area contributed by atoms with Crippen LogP contribution in [0.4, 0.5) is 5.69 Å². The highest BCUT2D eigenvalue weighted by Crippen LogP contribution is 2.13. The van der Waals surface area contributed by atoms with Crippen LogP contribution in [0.2, 0.25) is 0 Å². The molecular weight excluding hydrogens is 208 g/mol. The summed E-state index contributed by atoms with van der Waals surface area (Å²) in [6, 6.07) is 10.3. The second kappa shape index (κ2) is 7.73. The molecule has 0 spiro atoms. The molecule has 1 rings (SSSR count). The number of nitrogens with zero attached hydrogens (tertiary/aromatic N) is 1. The molecule has 0 amide bonds. The average molecular weight is 230 g/mol. The Labute approximate surface area is 105 Å². The lowest BCUT2D eigenvalue weighted by Gasteiger charge is -2.15. The zero-order valence-corrected chi connectivity index (χ0v) is 10.9. The number of unbranched alkanes of at least 4 members (excludes halogenated alkanes) is 3. The zero-order valence-electron chi connectivity index (χ0n) is 10.9. The van der Waals surface area contributed by atoms with Gasteiger partial charge in [0.25, 0.3) is 0 Å². The van der Waals surface area contributed by atoms with E-state index in [4.69, 9.17) is 5.26 Å². The fourth-order valence-electron chi connectivity index (χ4n) is 1.87. The van der Waals surface area contributed by atoms with E-state index >= 15 is 0 Å². The van der Waals surface area contributed by atoms with Crippen LogP contribution in [0.3, 0.4) is 0 Å². The fraction of sp³-hybridized carbons (Fsp3) is 0.533. The predicted octanol–water partition coefficient (Wildman–Crippen LogP) is 4.33. The van der Waals surface area contributed by atoms with Crippen molar-refractivity contribution in [2.24, 2.45) is 0 Å². The first-order valence-electron chi connectivity index (χ1n) is 6.53. The van der Waals surface area contributed by atoms with E-state index in [2.05, 4.69) is 25.2 Å². The lowest BCUT2D eigenvalue weighted by Crippen LogP contribution is -2.14. The van der Waals surface area contributed by atoms with E-state index in [1.807, 2.05) is 24.3 Å². The van der Waals surface area contributed by atoms with Gasteiger partial charge in [-0.25, -0.2) is 0 Å². The highest BCUT2D eigenvalue weighted by Gasteiger charge is 2.01. The lowest BCUT2D eigenvalue weighted by atomic mass is 10.1. The molecule has 1 aromatic rings. The number of anilines is 1. The molecule has 0 aliphatic carbocycles. The third-order valence-corrected chi connectivity index (χ3v) is 2.92. The molecule has 0 radical (unpaired) electrons. The molecule has 1 unspecified atom stereocenters. The SMILES string of the molecule is CCCCCCC(C)Nc1ccc(C#N)cc1. The van der Waals surface area contributed by atoms with E-state index < -0.39 is 0 Å². The van der Waals surface area contributed by atoms with Crippen molar-refractivity contribution in [3.63, 3.8) is 0 Å². The maximum absolute atomic E-state index is 8.71. The third kappa shape index (κ3) is 5.40. The molecule has 0 aromatic heterocycles. The van der Waals surface area contributed by atoms with Crippen LogP contribution in [0.15, 0.2) is 24.3 Å². The molecule has 0 aliphatic heterocycles. The number of benzene rings is 1. The molecule has 0 saturated heterocycles. The Bertz CT molecular complexity index is 348. The fourth-order valence-corrected chi connectivity index (χ4v) is 1.87. The molecule has 1 N–H and O–H groups in total. The summed E-state index contributed by atoms with van der Waals surface area (Å²) in [5.74, 6) is 0. The minimum absolute atomic E-state index is 0.500. The van der Waals surface area contributed by atoms with E-state index in [1.54, 1.807) is 0 Å². The van der Waals surface area contributed by atoms with Gasteiger partial charge in [0.05, 0.1) is 11.6 Å². The van der Waals surface area contributed by atoms with Crippen LogP contribution in [0.1, 0.15) is 51.5 Å². The Hall–Kier alpha value is -1.49. The van der Waals surface area contributed by atoms with E-state index in [9.17, 15) is 0 Å². The summed E-state index contributed by atoms with van der Waals surface area (Å²) in [4.78, 5) is 0. The first kappa shape index (κ1) is 13.6. The Morgan fingerprint density at radius 3 is 2.47 bits per heavy atom. The second-order valence-corrected chi connectivity index (χ2v) is 4.58. The molecule has 0 saturated carbocycles. The predicted molar refractivity (Wildman–Crippen MR) is 73.0 cm³/mol. The van der Waals surface area contributed by atoms with Crippen LogP contribution in [0.5, 0.6) is 0 Å². The number of hydrogen-bond acceptors (Lipinski definition) is 2. The van der Waals surface area contributed by atoms with Crippen molar-refractivity contribution >= 4 is 5.69 Å². The Morgan fingerprint density at radius 2 is 1.88 bits per heavy atom. The Morgan fingerprint density at radius 1 is 1.18 bits per heavy atom. The van der Waals surface area contributed by atoms with Crippen molar-refractivity contribution in [1.29, 1.82) is 5.26 Å². The highest BCUT2D eigenvalue weighted by atomic mass is 14.9. The van der Waals surface area contributed by atoms with E-state index in [1.165, 1.54) is 32.1 Å². The molecule has 0 aliphatic rings. The topological polar surface area (TPSA) is 35.8 Å². The maximum Gasteiger partial charge on any atom is 0.0991 e. The van der Waals surface area contributed by atoms with Crippen molar-refractivity contribution in [2.45, 2.75) is 52.0 Å². The van der Waals surface area contributed by atoms with Gasteiger partial charge in [-0.15, -0.1) is 0 Å². The Balaban J connectivity index is 2.30. The van der Waals surface area contributed by atoms with Crippen LogP contribution in [-0.2, 0) is 0 Å². The van der Waals surface area contributed by atoms with Crippen molar-refractivity contribution in [3.8, 4) is 6.07 Å². The van der Waals surface area contributed by atoms with Gasteiger partial charge in [0.15, 0.2) is 0 Å². The number of nitriles is 1. The second-order valence-electron chi connectivity index (χ2n) is 4.58. The van der Waals surface area contributed by atoms with Crippen molar-refractivity contribution in [1.82, 2.24) is 0 Å². The molecule has 2 nitrogen and oxygen atoms in total. The molecular formula is C15H22N2. The molecule has 17 heavy (non-hydrogen) atoms. The van der Waals surface area contributed by atoms with Gasteiger partial charge < -0.3 is 5.32 Å². The minimum atomic E-state index is 0.500. The summed E-state index contributed by atoms with van der Waals surface area (Å²) in [5.41, 5.74) is 1.82. The first-order chi connectivity index (χ1) is 8.26. The van der Waals surface area contributed by atoms with E-state index in [0.29, 0.717) is 11.6 Å². The van der Waals surface area contributed by atoms with Crippen LogP contribution in [0.25, 0.3) is 0 Å². The van der Waals surface area contributed by atoms with Gasteiger partial charge in [0.1, 0.15) is 0 Å². The van der Waals surface area contributed by atoms with E-state index in [0.717, 1.165) is 5.69 Å². The van der Waals surface area contributed by atoms with Gasteiger partial charge in [-0.2, -0.15) is 5.26 Å². The zero-order chi connectivity index (χ0) is 12.5. The quantitative estimate of drug-likeness (QED) is 0.708. The minimum Gasteiger partial charge on any atom is -0.383 e. The van der Waals surface area contributed by atoms with Gasteiger partial charge in [-0.05, 0) is 37.6 Å². The molecule has 2 heteroatoms. The monoisotopic (exact) mass is 230 g/mol. The number of nitrogens with one attached hydrogen (secondary N) is 1. The molecule has 0 fully saturated rings. The van der Waals surface area contributed by atoms with Gasteiger partial charge in [0, 0.05) is 11.7 Å². The summed E-state index contributed by atoms with van der Waals surface area (Å²) in [6.45, 7) is 4.45. The number of rotatable bonds is 7. The summed E-state index contributed by atoms with van der Waals surface area (Å²) in [5, 5.41) is 12.2. The molecule has 1 aromatic carbocycles. The standard InChI is InChI=1S/C15H22N2/c1-3-4-5-6-7-13(2)17-15-10-8-14(12-16)9-11-15/h8-11,13,17H,3-7H2,1-2H3. The van der Waals surface area contributed by atoms with Gasteiger partial charge in [-0.1, -0.05) is 32.6 Å². The molecule has 92 valence electrons. The van der Waals surface area contributed by atoms with Crippen molar-refractivity contribution in [3.05, 3.63) is 29.8 Å². The van der Waals surface area contributed by atoms with Gasteiger partial charge >= 0.3 is 0 Å². The Kier molecular flexibility index (Phi) is 6.17.